The Bertz CT molecular complexity index is 1530. The van der Waals surface area contributed by atoms with E-state index in [4.69, 9.17) is 20.8 Å². The van der Waals surface area contributed by atoms with E-state index >= 15 is 0 Å². The molecule has 0 saturated heterocycles. The molecule has 1 aromatic heterocycles. The van der Waals surface area contributed by atoms with Crippen LogP contribution >= 0.6 is 11.6 Å². The van der Waals surface area contributed by atoms with E-state index in [1.165, 1.54) is 38.2 Å². The van der Waals surface area contributed by atoms with Crippen molar-refractivity contribution in [3.05, 3.63) is 76.7 Å². The number of halogens is 2. The first-order valence-corrected chi connectivity index (χ1v) is 14.6. The summed E-state index contributed by atoms with van der Waals surface area (Å²) >= 11 is 6.04. The second-order valence-electron chi connectivity index (χ2n) is 12.2. The van der Waals surface area contributed by atoms with Crippen molar-refractivity contribution in [1.82, 2.24) is 20.9 Å². The van der Waals surface area contributed by atoms with Crippen LogP contribution in [-0.4, -0.2) is 57.7 Å². The lowest BCUT2D eigenvalue weighted by Gasteiger charge is -2.28. The number of benzene rings is 2. The summed E-state index contributed by atoms with van der Waals surface area (Å²) in [5, 5.41) is 18.3. The molecule has 2 atom stereocenters. The van der Waals surface area contributed by atoms with Gasteiger partial charge in [0.15, 0.2) is 0 Å². The van der Waals surface area contributed by atoms with Gasteiger partial charge in [0.1, 0.15) is 22.7 Å². The molecule has 3 amide bonds. The number of alkyl carbamates (subject to hydrolysis) is 1. The minimum absolute atomic E-state index is 0.0777. The second-order valence-corrected chi connectivity index (χ2v) is 12.6. The van der Waals surface area contributed by atoms with E-state index in [0.29, 0.717) is 21.9 Å². The average Bonchev–Trinajstić information content (AvgIpc) is 3.37. The minimum atomic E-state index is -1.41. The van der Waals surface area contributed by atoms with Crippen molar-refractivity contribution in [1.29, 1.82) is 0 Å². The van der Waals surface area contributed by atoms with Crippen LogP contribution < -0.4 is 16.0 Å². The zero-order valence-electron chi connectivity index (χ0n) is 26.0. The lowest BCUT2D eigenvalue weighted by atomic mass is 9.93. The van der Waals surface area contributed by atoms with E-state index in [1.807, 2.05) is 0 Å². The van der Waals surface area contributed by atoms with E-state index in [2.05, 4.69) is 20.9 Å². The van der Waals surface area contributed by atoms with Gasteiger partial charge in [0.25, 0.3) is 5.89 Å². The van der Waals surface area contributed by atoms with Crippen LogP contribution in [-0.2, 0) is 20.7 Å². The fourth-order valence-electron chi connectivity index (χ4n) is 4.39. The molecule has 0 aliphatic rings. The van der Waals surface area contributed by atoms with Crippen LogP contribution in [0.2, 0.25) is 5.02 Å². The predicted molar refractivity (Wildman–Crippen MR) is 165 cm³/mol. The molecule has 2 aromatic carbocycles. The molecule has 11 nitrogen and oxygen atoms in total. The van der Waals surface area contributed by atoms with Crippen molar-refractivity contribution in [2.24, 2.45) is 5.92 Å². The van der Waals surface area contributed by atoms with Gasteiger partial charge in [-0.3, -0.25) is 14.4 Å². The summed E-state index contributed by atoms with van der Waals surface area (Å²) in [5.74, 6) is -3.78. The standard InChI is InChI=1S/C32H38ClFN4O7/c1-18-16-35-27(44-18)26(39)37-23(13-19-7-9-20(10-8-19)24-15-22(33)11-12-25(24)34)14-21(28(40)41)17-36-29(42)32(5,6)38-30(43)45-31(2,3)4/h7-12,15-16,21,23H,13-14,17H2,1-6H3,(H,36,42)(H,37,39)(H,38,43)(H,40,41)/t21-,23+/m0/s1. The van der Waals surface area contributed by atoms with E-state index in [1.54, 1.807) is 52.0 Å². The number of carbonyl (C=O) groups excluding carboxylic acids is 3. The van der Waals surface area contributed by atoms with Gasteiger partial charge in [-0.25, -0.2) is 14.2 Å². The van der Waals surface area contributed by atoms with Gasteiger partial charge >= 0.3 is 18.0 Å². The number of nitrogens with zero attached hydrogens (tertiary/aromatic N) is 1. The van der Waals surface area contributed by atoms with E-state index in [0.717, 1.165) is 5.56 Å². The van der Waals surface area contributed by atoms with Crippen molar-refractivity contribution in [3.63, 3.8) is 0 Å². The highest BCUT2D eigenvalue weighted by Crippen LogP contribution is 2.27. The Kier molecular flexibility index (Phi) is 11.3. The molecule has 0 aliphatic heterocycles. The number of hydrogen-bond donors (Lipinski definition) is 4. The third kappa shape index (κ3) is 10.6. The number of carboxylic acid groups (broad SMARTS) is 1. The third-order valence-electron chi connectivity index (χ3n) is 6.63. The Hall–Kier alpha value is -4.45. The fraction of sp³-hybridized carbons (Fsp3) is 0.406. The number of carboxylic acids is 1. The van der Waals surface area contributed by atoms with Gasteiger partial charge in [-0.05, 0) is 83.7 Å². The van der Waals surface area contributed by atoms with Crippen molar-refractivity contribution in [2.75, 3.05) is 6.54 Å². The first-order chi connectivity index (χ1) is 20.9. The number of aryl methyl sites for hydroxylation is 1. The number of nitrogens with one attached hydrogen (secondary N) is 3. The van der Waals surface area contributed by atoms with Gasteiger partial charge in [0, 0.05) is 23.2 Å². The maximum atomic E-state index is 14.4. The molecule has 0 bridgehead atoms. The van der Waals surface area contributed by atoms with Gasteiger partial charge in [-0.2, -0.15) is 0 Å². The molecule has 1 heterocycles. The quantitative estimate of drug-likeness (QED) is 0.207. The number of ether oxygens (including phenoxy) is 1. The van der Waals surface area contributed by atoms with Gasteiger partial charge in [-0.1, -0.05) is 35.9 Å². The molecule has 0 saturated carbocycles. The van der Waals surface area contributed by atoms with Crippen molar-refractivity contribution in [2.45, 2.75) is 71.6 Å². The normalized spacial score (nSPS) is 13.0. The first kappa shape index (κ1) is 35.0. The maximum Gasteiger partial charge on any atom is 0.408 e. The van der Waals surface area contributed by atoms with Crippen LogP contribution in [0, 0.1) is 18.7 Å². The summed E-state index contributed by atoms with van der Waals surface area (Å²) in [5.41, 5.74) is -0.551. The molecule has 0 unspecified atom stereocenters. The van der Waals surface area contributed by atoms with Crippen LogP contribution in [0.15, 0.2) is 53.1 Å². The lowest BCUT2D eigenvalue weighted by Crippen LogP contribution is -2.56. The average molecular weight is 645 g/mol. The Morgan fingerprint density at radius 1 is 1.07 bits per heavy atom. The Morgan fingerprint density at radius 2 is 1.73 bits per heavy atom. The third-order valence-corrected chi connectivity index (χ3v) is 6.87. The highest BCUT2D eigenvalue weighted by Gasteiger charge is 2.33. The number of rotatable bonds is 12. The van der Waals surface area contributed by atoms with Crippen LogP contribution in [0.1, 0.15) is 63.0 Å². The van der Waals surface area contributed by atoms with Crippen molar-refractivity contribution < 1.29 is 37.8 Å². The van der Waals surface area contributed by atoms with Crippen molar-refractivity contribution >= 4 is 35.5 Å². The summed E-state index contributed by atoms with van der Waals surface area (Å²) < 4.78 is 24.9. The highest BCUT2D eigenvalue weighted by atomic mass is 35.5. The smallest absolute Gasteiger partial charge is 0.408 e. The number of aliphatic carboxylic acids is 1. The number of amides is 3. The largest absolute Gasteiger partial charge is 0.481 e. The Morgan fingerprint density at radius 3 is 2.31 bits per heavy atom. The molecule has 3 aromatic rings. The summed E-state index contributed by atoms with van der Waals surface area (Å²) in [7, 11) is 0. The number of oxazole rings is 1. The monoisotopic (exact) mass is 644 g/mol. The van der Waals surface area contributed by atoms with Gasteiger partial charge in [-0.15, -0.1) is 0 Å². The van der Waals surface area contributed by atoms with Gasteiger partial charge in [0.05, 0.1) is 12.1 Å². The molecular weight excluding hydrogens is 607 g/mol. The van der Waals surface area contributed by atoms with Crippen molar-refractivity contribution in [3.8, 4) is 11.1 Å². The van der Waals surface area contributed by atoms with Crippen LogP contribution in [0.3, 0.4) is 0 Å². The van der Waals surface area contributed by atoms with Crippen LogP contribution in [0.5, 0.6) is 0 Å². The SMILES string of the molecule is Cc1cnc(C(=O)N[C@H](Cc2ccc(-c3cc(Cl)ccc3F)cc2)C[C@@H](CNC(=O)C(C)(C)NC(=O)OC(C)(C)C)C(=O)O)o1. The second kappa shape index (κ2) is 14.6. The lowest BCUT2D eigenvalue weighted by molar-refractivity contribution is -0.142. The summed E-state index contributed by atoms with van der Waals surface area (Å²) in [6.45, 7) is 9.32. The molecule has 0 radical (unpaired) electrons. The molecule has 45 heavy (non-hydrogen) atoms. The summed E-state index contributed by atoms with van der Waals surface area (Å²) in [6, 6.07) is 10.4. The summed E-state index contributed by atoms with van der Waals surface area (Å²) in [6.07, 6.45) is 0.713. The molecule has 0 spiro atoms. The molecule has 3 rings (SSSR count). The zero-order valence-corrected chi connectivity index (χ0v) is 26.8. The summed E-state index contributed by atoms with van der Waals surface area (Å²) in [4.78, 5) is 54.3. The fourth-order valence-corrected chi connectivity index (χ4v) is 4.56. The molecule has 242 valence electrons. The Balaban J connectivity index is 1.76. The molecular formula is C32H38ClFN4O7. The minimum Gasteiger partial charge on any atom is -0.481 e. The molecule has 13 heteroatoms. The van der Waals surface area contributed by atoms with E-state index in [-0.39, 0.29) is 25.3 Å². The van der Waals surface area contributed by atoms with Crippen LogP contribution in [0.25, 0.3) is 11.1 Å². The van der Waals surface area contributed by atoms with E-state index in [9.17, 15) is 28.7 Å². The van der Waals surface area contributed by atoms with Crippen LogP contribution in [0.4, 0.5) is 9.18 Å². The highest BCUT2D eigenvalue weighted by molar-refractivity contribution is 6.30. The number of hydrogen-bond acceptors (Lipinski definition) is 7. The molecule has 0 fully saturated rings. The number of carbonyl (C=O) groups is 4. The molecule has 4 N–H and O–H groups in total. The Labute approximate surface area is 265 Å². The zero-order chi connectivity index (χ0) is 33.5. The topological polar surface area (TPSA) is 160 Å². The van der Waals surface area contributed by atoms with E-state index < -0.39 is 52.8 Å². The maximum absolute atomic E-state index is 14.4. The number of aromatic nitrogens is 1. The van der Waals surface area contributed by atoms with Gasteiger partial charge < -0.3 is 30.2 Å². The predicted octanol–water partition coefficient (Wildman–Crippen LogP) is 5.29. The van der Waals surface area contributed by atoms with Gasteiger partial charge in [0.2, 0.25) is 5.91 Å². The first-order valence-electron chi connectivity index (χ1n) is 14.2. The molecule has 0 aliphatic carbocycles.